The molecule has 1 aliphatic carbocycles. The van der Waals surface area contributed by atoms with Crippen molar-refractivity contribution in [3.05, 3.63) is 65.0 Å². The van der Waals surface area contributed by atoms with Gasteiger partial charge in [-0.15, -0.1) is 0 Å². The summed E-state index contributed by atoms with van der Waals surface area (Å²) >= 11 is 0. The average Bonchev–Trinajstić information content (AvgIpc) is 2.70. The van der Waals surface area contributed by atoms with Gasteiger partial charge in [-0.25, -0.2) is 22.7 Å². The van der Waals surface area contributed by atoms with Crippen LogP contribution in [0.5, 0.6) is 0 Å². The molecule has 0 heterocycles. The van der Waals surface area contributed by atoms with Crippen LogP contribution in [-0.4, -0.2) is 38.8 Å². The van der Waals surface area contributed by atoms with Gasteiger partial charge in [-0.1, -0.05) is 24.3 Å². The Balaban J connectivity index is 1.69. The second-order valence-corrected chi connectivity index (χ2v) is 8.44. The highest BCUT2D eigenvalue weighted by Gasteiger charge is 2.27. The first-order valence-electron chi connectivity index (χ1n) is 9.01. The number of carbonyl (C=O) groups excluding carboxylic acids is 2. The van der Waals surface area contributed by atoms with Crippen molar-refractivity contribution in [1.29, 1.82) is 0 Å². The predicted octanol–water partition coefficient (Wildman–Crippen LogP) is 2.17. The summed E-state index contributed by atoms with van der Waals surface area (Å²) in [7, 11) is -2.48. The highest BCUT2D eigenvalue weighted by Crippen LogP contribution is 2.33. The highest BCUT2D eigenvalue weighted by molar-refractivity contribution is 7.89. The van der Waals surface area contributed by atoms with Crippen LogP contribution in [0.3, 0.4) is 0 Å². The van der Waals surface area contributed by atoms with E-state index >= 15 is 0 Å². The number of halogens is 1. The Kier molecular flexibility index (Phi) is 5.99. The van der Waals surface area contributed by atoms with Gasteiger partial charge in [0.2, 0.25) is 10.0 Å². The summed E-state index contributed by atoms with van der Waals surface area (Å²) in [5, 5.41) is 5.00. The summed E-state index contributed by atoms with van der Waals surface area (Å²) < 4.78 is 41.6. The topological polar surface area (TPSA) is 107 Å². The van der Waals surface area contributed by atoms with Gasteiger partial charge in [0.15, 0.2) is 6.61 Å². The van der Waals surface area contributed by atoms with Gasteiger partial charge in [0, 0.05) is 7.05 Å². The average molecular weight is 420 g/mol. The molecule has 2 aromatic rings. The summed E-state index contributed by atoms with van der Waals surface area (Å²) in [6, 6.07) is 10.3. The fourth-order valence-corrected chi connectivity index (χ4v) is 3.99. The molecule has 0 bridgehead atoms. The van der Waals surface area contributed by atoms with E-state index in [-0.39, 0.29) is 6.04 Å². The zero-order valence-corrected chi connectivity index (χ0v) is 16.6. The van der Waals surface area contributed by atoms with Crippen molar-refractivity contribution in [2.45, 2.75) is 30.2 Å². The largest absolute Gasteiger partial charge is 0.452 e. The van der Waals surface area contributed by atoms with Gasteiger partial charge in [0.1, 0.15) is 5.82 Å². The first-order chi connectivity index (χ1) is 13.7. The van der Waals surface area contributed by atoms with Gasteiger partial charge in [-0.3, -0.25) is 4.79 Å². The minimum absolute atomic E-state index is 0.131. The second kappa shape index (κ2) is 8.30. The third-order valence-corrected chi connectivity index (χ3v) is 5.92. The first-order valence-corrected chi connectivity index (χ1v) is 10.6. The molecule has 7 nitrogen and oxygen atoms in total. The summed E-state index contributed by atoms with van der Waals surface area (Å²) in [5.41, 5.74) is 1.64. The summed E-state index contributed by atoms with van der Waals surface area (Å²) in [6.07, 6.45) is 2.67. The zero-order chi connectivity index (χ0) is 21.2. The van der Waals surface area contributed by atoms with E-state index in [2.05, 4.69) is 0 Å². The molecule has 154 valence electrons. The predicted molar refractivity (Wildman–Crippen MR) is 103 cm³/mol. The Bertz CT molecular complexity index is 1050. The molecule has 3 rings (SSSR count). The number of likely N-dealkylation sites (N-methyl/N-ethyl adjacent to an activating group) is 1. The lowest BCUT2D eigenvalue weighted by Crippen LogP contribution is -2.36. The molecule has 0 aliphatic heterocycles. The van der Waals surface area contributed by atoms with Crippen molar-refractivity contribution in [3.63, 3.8) is 0 Å². The molecule has 0 radical (unpaired) electrons. The number of fused-ring (bicyclic) bond motifs is 1. The van der Waals surface area contributed by atoms with E-state index in [9.17, 15) is 22.4 Å². The molecule has 0 saturated carbocycles. The molecular formula is C20H21FN2O5S. The van der Waals surface area contributed by atoms with Crippen LogP contribution >= 0.6 is 0 Å². The van der Waals surface area contributed by atoms with Gasteiger partial charge >= 0.3 is 5.97 Å². The SMILES string of the molecule is CN(C(=O)COC(=O)c1cc(S(N)(=O)=O)ccc1F)[C@H]1CCCc2ccccc21. The number of rotatable bonds is 5. The summed E-state index contributed by atoms with van der Waals surface area (Å²) in [6.45, 7) is -0.590. The second-order valence-electron chi connectivity index (χ2n) is 6.87. The molecule has 1 aliphatic rings. The standard InChI is InChI=1S/C20H21FN2O5S/c1-23(18-8-4-6-13-5-2-3-7-15(13)18)19(24)12-28-20(25)16-11-14(29(22,26)27)9-10-17(16)21/h2-3,5,7,9-11,18H,4,6,8,12H2,1H3,(H2,22,26,27)/t18-/m0/s1. The molecular weight excluding hydrogens is 399 g/mol. The van der Waals surface area contributed by atoms with Crippen LogP contribution in [0.4, 0.5) is 4.39 Å². The van der Waals surface area contributed by atoms with Crippen LogP contribution in [0, 0.1) is 5.82 Å². The Morgan fingerprint density at radius 1 is 1.24 bits per heavy atom. The van der Waals surface area contributed by atoms with Crippen LogP contribution in [0.2, 0.25) is 0 Å². The van der Waals surface area contributed by atoms with E-state index in [0.717, 1.165) is 43.0 Å². The molecule has 2 N–H and O–H groups in total. The van der Waals surface area contributed by atoms with Crippen molar-refractivity contribution < 1.29 is 27.1 Å². The first kappa shape index (κ1) is 20.9. The zero-order valence-electron chi connectivity index (χ0n) is 15.8. The number of aryl methyl sites for hydroxylation is 1. The quantitative estimate of drug-likeness (QED) is 0.746. The van der Waals surface area contributed by atoms with Crippen LogP contribution < -0.4 is 5.14 Å². The van der Waals surface area contributed by atoms with Gasteiger partial charge in [-0.2, -0.15) is 0 Å². The molecule has 0 spiro atoms. The molecule has 9 heteroatoms. The monoisotopic (exact) mass is 420 g/mol. The van der Waals surface area contributed by atoms with E-state index in [1.165, 1.54) is 10.5 Å². The number of hydrogen-bond acceptors (Lipinski definition) is 5. The van der Waals surface area contributed by atoms with E-state index in [4.69, 9.17) is 9.88 Å². The van der Waals surface area contributed by atoms with Gasteiger partial charge in [-0.05, 0) is 48.6 Å². The Morgan fingerprint density at radius 3 is 2.69 bits per heavy atom. The normalized spacial score (nSPS) is 16.0. The number of esters is 1. The Morgan fingerprint density at radius 2 is 1.97 bits per heavy atom. The Labute approximate surface area is 168 Å². The van der Waals surface area contributed by atoms with Gasteiger partial charge in [0.25, 0.3) is 5.91 Å². The maximum absolute atomic E-state index is 13.9. The number of hydrogen-bond donors (Lipinski definition) is 1. The number of nitrogens with two attached hydrogens (primary N) is 1. The van der Waals surface area contributed by atoms with Crippen molar-refractivity contribution in [2.24, 2.45) is 5.14 Å². The van der Waals surface area contributed by atoms with Crippen molar-refractivity contribution in [3.8, 4) is 0 Å². The van der Waals surface area contributed by atoms with Crippen LogP contribution in [0.1, 0.15) is 40.4 Å². The maximum Gasteiger partial charge on any atom is 0.341 e. The summed E-state index contributed by atoms with van der Waals surface area (Å²) in [4.78, 5) is 25.8. The number of sulfonamides is 1. The fourth-order valence-electron chi connectivity index (χ4n) is 3.45. The Hall–Kier alpha value is -2.78. The molecule has 0 saturated heterocycles. The number of primary sulfonamides is 1. The molecule has 0 aromatic heterocycles. The van der Waals surface area contributed by atoms with E-state index in [1.54, 1.807) is 7.05 Å². The fraction of sp³-hybridized carbons (Fsp3) is 0.300. The molecule has 2 aromatic carbocycles. The molecule has 29 heavy (non-hydrogen) atoms. The number of ether oxygens (including phenoxy) is 1. The van der Waals surface area contributed by atoms with Crippen molar-refractivity contribution in [1.82, 2.24) is 4.90 Å². The third kappa shape index (κ3) is 4.63. The molecule has 1 atom stereocenters. The van der Waals surface area contributed by atoms with Crippen molar-refractivity contribution >= 4 is 21.9 Å². The lowest BCUT2D eigenvalue weighted by Gasteiger charge is -2.33. The van der Waals surface area contributed by atoms with E-state index in [0.29, 0.717) is 0 Å². The molecule has 1 amide bonds. The van der Waals surface area contributed by atoms with E-state index < -0.39 is 44.8 Å². The molecule has 0 unspecified atom stereocenters. The minimum Gasteiger partial charge on any atom is -0.452 e. The number of benzene rings is 2. The maximum atomic E-state index is 13.9. The number of nitrogens with zero attached hydrogens (tertiary/aromatic N) is 1. The minimum atomic E-state index is -4.11. The van der Waals surface area contributed by atoms with E-state index in [1.807, 2.05) is 24.3 Å². The van der Waals surface area contributed by atoms with Crippen LogP contribution in [0.15, 0.2) is 47.4 Å². The van der Waals surface area contributed by atoms with Crippen molar-refractivity contribution in [2.75, 3.05) is 13.7 Å². The lowest BCUT2D eigenvalue weighted by molar-refractivity contribution is -0.135. The number of carbonyl (C=O) groups is 2. The smallest absolute Gasteiger partial charge is 0.341 e. The van der Waals surface area contributed by atoms with Crippen LogP contribution in [-0.2, 0) is 26.0 Å². The lowest BCUT2D eigenvalue weighted by atomic mass is 9.87. The molecule has 0 fully saturated rings. The van der Waals surface area contributed by atoms with Gasteiger partial charge in [0.05, 0.1) is 16.5 Å². The highest BCUT2D eigenvalue weighted by atomic mass is 32.2. The van der Waals surface area contributed by atoms with Gasteiger partial charge < -0.3 is 9.64 Å². The summed E-state index contributed by atoms with van der Waals surface area (Å²) in [5.74, 6) is -2.55. The third-order valence-electron chi connectivity index (χ3n) is 5.01. The number of amides is 1. The van der Waals surface area contributed by atoms with Crippen LogP contribution in [0.25, 0.3) is 0 Å².